The molecule has 0 bridgehead atoms. The van der Waals surface area contributed by atoms with Crippen molar-refractivity contribution in [2.45, 2.75) is 25.8 Å². The highest BCUT2D eigenvalue weighted by atomic mass is 32.2. The third kappa shape index (κ3) is 5.69. The number of hydrogen-bond acceptors (Lipinski definition) is 6. The van der Waals surface area contributed by atoms with Crippen molar-refractivity contribution in [1.82, 2.24) is 10.6 Å². The van der Waals surface area contributed by atoms with Crippen molar-refractivity contribution in [2.24, 2.45) is 0 Å². The second-order valence-electron chi connectivity index (χ2n) is 5.31. The molecule has 1 amide bonds. The lowest BCUT2D eigenvalue weighted by Crippen LogP contribution is -2.49. The summed E-state index contributed by atoms with van der Waals surface area (Å²) in [6.45, 7) is 2.15. The number of rotatable bonds is 6. The number of nitrogens with one attached hydrogen (secondary N) is 3. The number of amides is 1. The first-order valence-electron chi connectivity index (χ1n) is 7.85. The molecule has 0 fully saturated rings. The topological polar surface area (TPSA) is 74.2 Å². The summed E-state index contributed by atoms with van der Waals surface area (Å²) in [5.41, 5.74) is 1.52. The fraction of sp³-hybridized carbons (Fsp3) is 0.353. The maximum atomic E-state index is 11.3. The summed E-state index contributed by atoms with van der Waals surface area (Å²) in [7, 11) is 1.28. The van der Waals surface area contributed by atoms with Crippen LogP contribution in [0.25, 0.3) is 0 Å². The molecular weight excluding hydrogens is 374 g/mol. The van der Waals surface area contributed by atoms with Crippen LogP contribution in [0.15, 0.2) is 40.1 Å². The van der Waals surface area contributed by atoms with Crippen molar-refractivity contribution >= 4 is 52.2 Å². The Morgan fingerprint density at radius 2 is 2.28 bits per heavy atom. The van der Waals surface area contributed by atoms with Gasteiger partial charge in [0.2, 0.25) is 0 Å². The van der Waals surface area contributed by atoms with Crippen LogP contribution in [-0.4, -0.2) is 35.8 Å². The molecule has 0 spiro atoms. The number of thiophene rings is 1. The van der Waals surface area contributed by atoms with Gasteiger partial charge in [-0.25, -0.2) is 4.79 Å². The standard InChI is InChI=1S/C17H21N3O2S3/c1-3-8-25-14-7-6-13(18)15(19-16(23)20-17(21)22-2)12(14)10-11-5-4-9-24-11/h4-7,9,15,18H,3,8,10H2,1-2H3,(H2,19,20,21,23). The number of allylic oxidation sites excluding steroid dienone is 1. The molecule has 134 valence electrons. The maximum Gasteiger partial charge on any atom is 0.413 e. The Labute approximate surface area is 161 Å². The van der Waals surface area contributed by atoms with E-state index in [0.29, 0.717) is 5.71 Å². The van der Waals surface area contributed by atoms with E-state index < -0.39 is 6.09 Å². The number of ether oxygens (including phenoxy) is 1. The van der Waals surface area contributed by atoms with Gasteiger partial charge in [-0.3, -0.25) is 5.32 Å². The fourth-order valence-corrected chi connectivity index (χ4v) is 4.21. The second-order valence-corrected chi connectivity index (χ2v) is 7.88. The van der Waals surface area contributed by atoms with Gasteiger partial charge in [0.25, 0.3) is 0 Å². The minimum absolute atomic E-state index is 0.153. The summed E-state index contributed by atoms with van der Waals surface area (Å²) in [6, 6.07) is 3.75. The normalized spacial score (nSPS) is 16.7. The first kappa shape index (κ1) is 19.7. The molecule has 2 rings (SSSR count). The quantitative estimate of drug-likeness (QED) is 0.638. The lowest BCUT2D eigenvalue weighted by atomic mass is 9.94. The van der Waals surface area contributed by atoms with E-state index in [1.54, 1.807) is 29.2 Å². The van der Waals surface area contributed by atoms with Gasteiger partial charge in [0.1, 0.15) is 0 Å². The van der Waals surface area contributed by atoms with Crippen molar-refractivity contribution in [3.63, 3.8) is 0 Å². The van der Waals surface area contributed by atoms with Gasteiger partial charge < -0.3 is 15.5 Å². The Morgan fingerprint density at radius 3 is 2.92 bits per heavy atom. The van der Waals surface area contributed by atoms with E-state index in [-0.39, 0.29) is 11.2 Å². The van der Waals surface area contributed by atoms with Crippen LogP contribution in [0.4, 0.5) is 4.79 Å². The van der Waals surface area contributed by atoms with Gasteiger partial charge >= 0.3 is 6.09 Å². The molecule has 5 nitrogen and oxygen atoms in total. The molecule has 1 atom stereocenters. The zero-order valence-electron chi connectivity index (χ0n) is 14.1. The molecule has 3 N–H and O–H groups in total. The molecular formula is C17H21N3O2S3. The minimum atomic E-state index is -0.625. The summed E-state index contributed by atoms with van der Waals surface area (Å²) in [4.78, 5) is 13.7. The first-order valence-corrected chi connectivity index (χ1v) is 10.1. The number of thiocarbonyl (C=S) groups is 1. The molecule has 25 heavy (non-hydrogen) atoms. The van der Waals surface area contributed by atoms with Gasteiger partial charge in [0.15, 0.2) is 5.11 Å². The SMILES string of the molecule is CCCSC1=C(Cc2cccs2)C(NC(=S)NC(=O)OC)C(=N)C=C1. The predicted molar refractivity (Wildman–Crippen MR) is 110 cm³/mol. The Hall–Kier alpha value is -1.64. The summed E-state index contributed by atoms with van der Waals surface area (Å²) in [5, 5.41) is 16.0. The molecule has 1 aromatic heterocycles. The van der Waals surface area contributed by atoms with Crippen LogP contribution in [0.3, 0.4) is 0 Å². The molecule has 1 aromatic rings. The Bertz CT molecular complexity index is 696. The number of alkyl carbamates (subject to hydrolysis) is 1. The van der Waals surface area contributed by atoms with Crippen LogP contribution >= 0.6 is 35.3 Å². The van der Waals surface area contributed by atoms with Crippen molar-refractivity contribution in [3.8, 4) is 0 Å². The number of methoxy groups -OCH3 is 1. The number of carbonyl (C=O) groups excluding carboxylic acids is 1. The zero-order chi connectivity index (χ0) is 18.2. The van der Waals surface area contributed by atoms with E-state index in [1.165, 1.54) is 12.0 Å². The maximum absolute atomic E-state index is 11.3. The first-order chi connectivity index (χ1) is 12.0. The lowest BCUT2D eigenvalue weighted by Gasteiger charge is -2.27. The monoisotopic (exact) mass is 395 g/mol. The van der Waals surface area contributed by atoms with E-state index in [0.717, 1.165) is 29.1 Å². The van der Waals surface area contributed by atoms with E-state index >= 15 is 0 Å². The molecule has 0 aliphatic heterocycles. The molecule has 1 aliphatic carbocycles. The van der Waals surface area contributed by atoms with Gasteiger partial charge in [0, 0.05) is 16.2 Å². The van der Waals surface area contributed by atoms with Crippen LogP contribution in [0.2, 0.25) is 0 Å². The van der Waals surface area contributed by atoms with Crippen molar-refractivity contribution < 1.29 is 9.53 Å². The van der Waals surface area contributed by atoms with Crippen molar-refractivity contribution in [2.75, 3.05) is 12.9 Å². The second kappa shape index (κ2) is 9.74. The van der Waals surface area contributed by atoms with Crippen LogP contribution in [0, 0.1) is 5.41 Å². The van der Waals surface area contributed by atoms with E-state index in [1.807, 2.05) is 17.5 Å². The molecule has 8 heteroatoms. The van der Waals surface area contributed by atoms with Crippen LogP contribution in [0.5, 0.6) is 0 Å². The van der Waals surface area contributed by atoms with E-state index in [9.17, 15) is 4.79 Å². The van der Waals surface area contributed by atoms with Gasteiger partial charge in [-0.15, -0.1) is 23.1 Å². The van der Waals surface area contributed by atoms with Crippen LogP contribution < -0.4 is 10.6 Å². The van der Waals surface area contributed by atoms with Crippen LogP contribution in [-0.2, 0) is 11.2 Å². The molecule has 0 saturated carbocycles. The summed E-state index contributed by atoms with van der Waals surface area (Å²) < 4.78 is 4.56. The minimum Gasteiger partial charge on any atom is -0.453 e. The van der Waals surface area contributed by atoms with Crippen molar-refractivity contribution in [1.29, 1.82) is 5.41 Å². The highest BCUT2D eigenvalue weighted by molar-refractivity contribution is 8.03. The molecule has 0 aromatic carbocycles. The molecule has 1 heterocycles. The Morgan fingerprint density at radius 1 is 1.48 bits per heavy atom. The van der Waals surface area contributed by atoms with E-state index in [2.05, 4.69) is 28.4 Å². The molecule has 0 saturated heterocycles. The number of thioether (sulfide) groups is 1. The molecule has 0 radical (unpaired) electrons. The summed E-state index contributed by atoms with van der Waals surface area (Å²) in [6.07, 6.45) is 4.98. The largest absolute Gasteiger partial charge is 0.453 e. The lowest BCUT2D eigenvalue weighted by molar-refractivity contribution is 0.176. The highest BCUT2D eigenvalue weighted by Crippen LogP contribution is 2.31. The Kier molecular flexibility index (Phi) is 7.67. The smallest absolute Gasteiger partial charge is 0.413 e. The average Bonchev–Trinajstić information content (AvgIpc) is 3.10. The van der Waals surface area contributed by atoms with Gasteiger partial charge in [0.05, 0.1) is 18.9 Å². The molecule has 1 aliphatic rings. The Balaban J connectivity index is 2.24. The van der Waals surface area contributed by atoms with Crippen molar-refractivity contribution in [3.05, 3.63) is 45.0 Å². The van der Waals surface area contributed by atoms with Crippen LogP contribution in [0.1, 0.15) is 18.2 Å². The third-order valence-corrected chi connectivity index (χ3v) is 5.89. The van der Waals surface area contributed by atoms with Gasteiger partial charge in [-0.1, -0.05) is 13.0 Å². The highest BCUT2D eigenvalue weighted by Gasteiger charge is 2.26. The summed E-state index contributed by atoms with van der Waals surface area (Å²) in [5.74, 6) is 1.01. The average molecular weight is 396 g/mol. The predicted octanol–water partition coefficient (Wildman–Crippen LogP) is 3.88. The van der Waals surface area contributed by atoms with Gasteiger partial charge in [-0.05, 0) is 53.6 Å². The number of carbonyl (C=O) groups is 1. The zero-order valence-corrected chi connectivity index (χ0v) is 16.6. The molecule has 1 unspecified atom stereocenters. The summed E-state index contributed by atoms with van der Waals surface area (Å²) >= 11 is 8.66. The van der Waals surface area contributed by atoms with Gasteiger partial charge in [-0.2, -0.15) is 0 Å². The fourth-order valence-electron chi connectivity index (χ4n) is 2.32. The third-order valence-electron chi connectivity index (χ3n) is 3.47. The van der Waals surface area contributed by atoms with E-state index in [4.69, 9.17) is 17.6 Å². The number of hydrogen-bond donors (Lipinski definition) is 3.